The van der Waals surface area contributed by atoms with Crippen molar-refractivity contribution in [3.63, 3.8) is 0 Å². The Bertz CT molecular complexity index is 560. The molecule has 1 heterocycles. The van der Waals surface area contributed by atoms with E-state index in [1.54, 1.807) is 14.1 Å². The quantitative estimate of drug-likeness (QED) is 0.722. The highest BCUT2D eigenvalue weighted by Crippen LogP contribution is 2.17. The average Bonchev–Trinajstić information content (AvgIpc) is 2.59. The molecule has 1 aromatic rings. The minimum Gasteiger partial charge on any atom is -0.352 e. The summed E-state index contributed by atoms with van der Waals surface area (Å²) in [7, 11) is 3.39. The van der Waals surface area contributed by atoms with Crippen LogP contribution in [0.15, 0.2) is 24.3 Å². The fourth-order valence-electron chi connectivity index (χ4n) is 2.79. The van der Waals surface area contributed by atoms with Crippen molar-refractivity contribution in [3.8, 4) is 0 Å². The van der Waals surface area contributed by atoms with Crippen molar-refractivity contribution >= 4 is 30.0 Å². The second-order valence-electron chi connectivity index (χ2n) is 6.53. The highest BCUT2D eigenvalue weighted by atomic mass is 35.5. The van der Waals surface area contributed by atoms with E-state index in [-0.39, 0.29) is 24.3 Å². The molecule has 1 aromatic carbocycles. The van der Waals surface area contributed by atoms with E-state index in [1.165, 1.54) is 17.7 Å². The number of hydrogen-bond donors (Lipinski definition) is 3. The molecule has 1 aliphatic heterocycles. The molecule has 0 atom stereocenters. The number of halogens is 1. The van der Waals surface area contributed by atoms with E-state index < -0.39 is 0 Å². The van der Waals surface area contributed by atoms with Gasteiger partial charge in [0.2, 0.25) is 5.91 Å². The van der Waals surface area contributed by atoms with E-state index >= 15 is 0 Å². The van der Waals surface area contributed by atoms with E-state index in [4.69, 9.17) is 0 Å². The number of carbonyl (C=O) groups excluding carboxylic acids is 2. The topological polar surface area (TPSA) is 73.5 Å². The zero-order chi connectivity index (χ0) is 17.4. The summed E-state index contributed by atoms with van der Waals surface area (Å²) in [4.78, 5) is 25.2. The Balaban J connectivity index is 0.00000312. The maximum Gasteiger partial charge on any atom is 0.321 e. The Kier molecular flexibility index (Phi) is 9.31. The van der Waals surface area contributed by atoms with Crippen LogP contribution in [0, 0.1) is 5.92 Å². The van der Waals surface area contributed by atoms with Gasteiger partial charge in [-0.15, -0.1) is 12.4 Å². The van der Waals surface area contributed by atoms with Gasteiger partial charge in [-0.05, 0) is 56.0 Å². The van der Waals surface area contributed by atoms with Crippen LogP contribution in [-0.4, -0.2) is 44.0 Å². The zero-order valence-corrected chi connectivity index (χ0v) is 15.8. The molecule has 0 bridgehead atoms. The van der Waals surface area contributed by atoms with E-state index in [1.807, 2.05) is 24.3 Å². The van der Waals surface area contributed by atoms with Crippen molar-refractivity contribution in [3.05, 3.63) is 29.8 Å². The first-order valence-electron chi connectivity index (χ1n) is 8.59. The molecule has 0 spiro atoms. The first kappa shape index (κ1) is 21.3. The average molecular weight is 369 g/mol. The number of nitrogens with one attached hydrogen (secondary N) is 3. The van der Waals surface area contributed by atoms with Crippen LogP contribution in [0.2, 0.25) is 0 Å². The van der Waals surface area contributed by atoms with Gasteiger partial charge in [0.1, 0.15) is 0 Å². The lowest BCUT2D eigenvalue weighted by atomic mass is 9.93. The number of piperidine rings is 1. The first-order chi connectivity index (χ1) is 11.5. The summed E-state index contributed by atoms with van der Waals surface area (Å²) in [6.45, 7) is 2.62. The van der Waals surface area contributed by atoms with Gasteiger partial charge in [0.05, 0.1) is 0 Å². The lowest BCUT2D eigenvalue weighted by molar-refractivity contribution is -0.121. The van der Waals surface area contributed by atoms with Crippen molar-refractivity contribution in [2.75, 3.05) is 32.5 Å². The van der Waals surface area contributed by atoms with Crippen molar-refractivity contribution in [2.24, 2.45) is 5.92 Å². The monoisotopic (exact) mass is 368 g/mol. The summed E-state index contributed by atoms with van der Waals surface area (Å²) in [6, 6.07) is 7.37. The largest absolute Gasteiger partial charge is 0.352 e. The fraction of sp³-hybridized carbons (Fsp3) is 0.556. The van der Waals surface area contributed by atoms with Gasteiger partial charge in [0, 0.05) is 32.7 Å². The summed E-state index contributed by atoms with van der Waals surface area (Å²) < 4.78 is 0. The predicted octanol–water partition coefficient (Wildman–Crippen LogP) is 2.60. The minimum atomic E-state index is -0.168. The highest BCUT2D eigenvalue weighted by molar-refractivity contribution is 5.89. The van der Waals surface area contributed by atoms with Crippen LogP contribution in [0.25, 0.3) is 0 Å². The SMILES string of the molecule is CN(C)C(=O)Nc1cccc(CNC(=O)CCC2CCNCC2)c1.Cl. The third kappa shape index (κ3) is 7.75. The second kappa shape index (κ2) is 10.9. The smallest absolute Gasteiger partial charge is 0.321 e. The Morgan fingerprint density at radius 1 is 1.24 bits per heavy atom. The molecule has 2 rings (SSSR count). The molecule has 25 heavy (non-hydrogen) atoms. The number of benzene rings is 1. The third-order valence-corrected chi connectivity index (χ3v) is 4.31. The van der Waals surface area contributed by atoms with Crippen LogP contribution in [0.5, 0.6) is 0 Å². The van der Waals surface area contributed by atoms with E-state index in [2.05, 4.69) is 16.0 Å². The summed E-state index contributed by atoms with van der Waals surface area (Å²) >= 11 is 0. The van der Waals surface area contributed by atoms with Crippen LogP contribution < -0.4 is 16.0 Å². The van der Waals surface area contributed by atoms with E-state index in [9.17, 15) is 9.59 Å². The normalized spacial score (nSPS) is 14.3. The molecule has 0 radical (unpaired) electrons. The summed E-state index contributed by atoms with van der Waals surface area (Å²) in [5.41, 5.74) is 1.71. The molecule has 6 nitrogen and oxygen atoms in total. The Morgan fingerprint density at radius 3 is 2.64 bits per heavy atom. The van der Waals surface area contributed by atoms with Crippen molar-refractivity contribution < 1.29 is 9.59 Å². The molecule has 0 aliphatic carbocycles. The third-order valence-electron chi connectivity index (χ3n) is 4.31. The molecule has 1 saturated heterocycles. The molecule has 3 amide bonds. The Labute approximate surface area is 156 Å². The number of nitrogens with zero attached hydrogens (tertiary/aromatic N) is 1. The summed E-state index contributed by atoms with van der Waals surface area (Å²) in [5.74, 6) is 0.762. The van der Waals surface area contributed by atoms with Crippen LogP contribution in [0.1, 0.15) is 31.2 Å². The maximum absolute atomic E-state index is 12.0. The van der Waals surface area contributed by atoms with Crippen molar-refractivity contribution in [1.29, 1.82) is 0 Å². The van der Waals surface area contributed by atoms with Crippen molar-refractivity contribution in [1.82, 2.24) is 15.5 Å². The van der Waals surface area contributed by atoms with Crippen molar-refractivity contribution in [2.45, 2.75) is 32.2 Å². The van der Waals surface area contributed by atoms with E-state index in [0.29, 0.717) is 18.9 Å². The van der Waals surface area contributed by atoms with Gasteiger partial charge in [-0.2, -0.15) is 0 Å². The molecule has 1 aliphatic rings. The lowest BCUT2D eigenvalue weighted by Gasteiger charge is -2.22. The molecule has 7 heteroatoms. The van der Waals surface area contributed by atoms with Gasteiger partial charge in [0.15, 0.2) is 0 Å². The Hall–Kier alpha value is -1.79. The lowest BCUT2D eigenvalue weighted by Crippen LogP contribution is -2.29. The molecule has 1 fully saturated rings. The van der Waals surface area contributed by atoms with Crippen LogP contribution in [0.3, 0.4) is 0 Å². The van der Waals surface area contributed by atoms with Gasteiger partial charge in [-0.1, -0.05) is 12.1 Å². The van der Waals surface area contributed by atoms with Gasteiger partial charge in [-0.25, -0.2) is 4.79 Å². The van der Waals surface area contributed by atoms with Gasteiger partial charge in [-0.3, -0.25) is 4.79 Å². The van der Waals surface area contributed by atoms with E-state index in [0.717, 1.165) is 30.8 Å². The minimum absolute atomic E-state index is 0. The molecule has 0 aromatic heterocycles. The molecular weight excluding hydrogens is 340 g/mol. The number of urea groups is 1. The fourth-order valence-corrected chi connectivity index (χ4v) is 2.79. The molecule has 3 N–H and O–H groups in total. The maximum atomic E-state index is 12.0. The molecular formula is C18H29ClN4O2. The van der Waals surface area contributed by atoms with Gasteiger partial charge >= 0.3 is 6.03 Å². The summed E-state index contributed by atoms with van der Waals surface area (Å²) in [5, 5.41) is 9.11. The van der Waals surface area contributed by atoms with Crippen LogP contribution >= 0.6 is 12.4 Å². The predicted molar refractivity (Wildman–Crippen MR) is 103 cm³/mol. The number of rotatable bonds is 6. The first-order valence-corrected chi connectivity index (χ1v) is 8.59. The number of amides is 3. The molecule has 0 saturated carbocycles. The standard InChI is InChI=1S/C18H28N4O2.ClH/c1-22(2)18(24)21-16-5-3-4-15(12-16)13-20-17(23)7-6-14-8-10-19-11-9-14;/h3-5,12,14,19H,6-11,13H2,1-2H3,(H,20,23)(H,21,24);1H. The number of carbonyl (C=O) groups is 2. The molecule has 140 valence electrons. The summed E-state index contributed by atoms with van der Waals surface area (Å²) in [6.07, 6.45) is 3.88. The zero-order valence-electron chi connectivity index (χ0n) is 15.0. The second-order valence-corrected chi connectivity index (χ2v) is 6.53. The number of hydrogen-bond acceptors (Lipinski definition) is 3. The Morgan fingerprint density at radius 2 is 1.96 bits per heavy atom. The van der Waals surface area contributed by atoms with Crippen LogP contribution in [0.4, 0.5) is 10.5 Å². The van der Waals surface area contributed by atoms with Gasteiger partial charge in [0.25, 0.3) is 0 Å². The van der Waals surface area contributed by atoms with Crippen LogP contribution in [-0.2, 0) is 11.3 Å². The highest BCUT2D eigenvalue weighted by Gasteiger charge is 2.14. The number of anilines is 1. The molecule has 0 unspecified atom stereocenters. The van der Waals surface area contributed by atoms with Gasteiger partial charge < -0.3 is 20.9 Å².